The molecule has 2 aromatic carbocycles. The summed E-state index contributed by atoms with van der Waals surface area (Å²) in [6.07, 6.45) is 0.932. The summed E-state index contributed by atoms with van der Waals surface area (Å²) in [4.78, 5) is 16.8. The number of nitrogen functional groups attached to an aromatic ring is 1. The van der Waals surface area contributed by atoms with E-state index in [9.17, 15) is 9.18 Å². The fourth-order valence-corrected chi connectivity index (χ4v) is 2.99. The second-order valence-electron chi connectivity index (χ2n) is 6.17. The van der Waals surface area contributed by atoms with Crippen molar-refractivity contribution in [3.63, 3.8) is 0 Å². The average Bonchev–Trinajstić information content (AvgIpc) is 2.83. The highest BCUT2D eigenvalue weighted by Crippen LogP contribution is 2.13. The van der Waals surface area contributed by atoms with Crippen molar-refractivity contribution in [1.82, 2.24) is 9.80 Å². The number of carbonyl (C=O) groups excluding carboxylic acids is 1. The lowest BCUT2D eigenvalue weighted by Gasteiger charge is -2.22. The first-order chi connectivity index (χ1) is 11.6. The molecule has 6 heteroatoms. The molecule has 1 aliphatic heterocycles. The molecular formula is C19H23ClFN3O. The third-order valence-electron chi connectivity index (χ3n) is 4.35. The molecule has 1 aliphatic rings. The van der Waals surface area contributed by atoms with Gasteiger partial charge in [0.15, 0.2) is 0 Å². The Balaban J connectivity index is 0.00000225. The number of nitrogens with zero attached hydrogens (tertiary/aromatic N) is 2. The van der Waals surface area contributed by atoms with Crippen LogP contribution < -0.4 is 5.73 Å². The maximum absolute atomic E-state index is 13.0. The van der Waals surface area contributed by atoms with E-state index in [4.69, 9.17) is 5.73 Å². The van der Waals surface area contributed by atoms with Crippen LogP contribution in [0.15, 0.2) is 48.5 Å². The highest BCUT2D eigenvalue weighted by molar-refractivity contribution is 5.94. The Bertz CT molecular complexity index is 691. The molecule has 0 spiro atoms. The zero-order valence-electron chi connectivity index (χ0n) is 14.0. The zero-order chi connectivity index (χ0) is 16.9. The van der Waals surface area contributed by atoms with Gasteiger partial charge in [0.25, 0.3) is 5.91 Å². The molecule has 1 saturated heterocycles. The van der Waals surface area contributed by atoms with Crippen LogP contribution in [0.3, 0.4) is 0 Å². The van der Waals surface area contributed by atoms with E-state index < -0.39 is 0 Å². The second-order valence-corrected chi connectivity index (χ2v) is 6.17. The first kappa shape index (κ1) is 19.2. The molecule has 0 radical (unpaired) electrons. The van der Waals surface area contributed by atoms with E-state index in [-0.39, 0.29) is 24.1 Å². The summed E-state index contributed by atoms with van der Waals surface area (Å²) < 4.78 is 13.0. The summed E-state index contributed by atoms with van der Waals surface area (Å²) in [5.74, 6) is -0.159. The number of nitrogens with two attached hydrogens (primary N) is 1. The van der Waals surface area contributed by atoms with Crippen molar-refractivity contribution in [1.29, 1.82) is 0 Å². The van der Waals surface area contributed by atoms with Crippen molar-refractivity contribution in [3.8, 4) is 0 Å². The van der Waals surface area contributed by atoms with Gasteiger partial charge < -0.3 is 10.6 Å². The van der Waals surface area contributed by atoms with Crippen LogP contribution in [0.2, 0.25) is 0 Å². The lowest BCUT2D eigenvalue weighted by Crippen LogP contribution is -2.35. The molecule has 25 heavy (non-hydrogen) atoms. The lowest BCUT2D eigenvalue weighted by molar-refractivity contribution is 0.0761. The van der Waals surface area contributed by atoms with Crippen LogP contribution >= 0.6 is 12.4 Å². The minimum absolute atomic E-state index is 0. The molecule has 1 amide bonds. The first-order valence-corrected chi connectivity index (χ1v) is 8.23. The summed E-state index contributed by atoms with van der Waals surface area (Å²) in [7, 11) is 0. The molecule has 0 bridgehead atoms. The summed E-state index contributed by atoms with van der Waals surface area (Å²) in [6.45, 7) is 3.98. The van der Waals surface area contributed by atoms with Crippen molar-refractivity contribution in [2.24, 2.45) is 0 Å². The van der Waals surface area contributed by atoms with Crippen LogP contribution in [0.25, 0.3) is 0 Å². The van der Waals surface area contributed by atoms with Gasteiger partial charge in [-0.1, -0.05) is 12.1 Å². The van der Waals surface area contributed by atoms with Crippen LogP contribution in [-0.2, 0) is 6.54 Å². The number of halogens is 2. The maximum Gasteiger partial charge on any atom is 0.253 e. The molecule has 0 aromatic heterocycles. The molecule has 134 valence electrons. The minimum atomic E-state index is -0.213. The van der Waals surface area contributed by atoms with E-state index in [0.29, 0.717) is 17.8 Å². The Labute approximate surface area is 153 Å². The van der Waals surface area contributed by atoms with Crippen molar-refractivity contribution in [2.75, 3.05) is 31.9 Å². The van der Waals surface area contributed by atoms with Crippen molar-refractivity contribution in [2.45, 2.75) is 13.0 Å². The van der Waals surface area contributed by atoms with Crippen LogP contribution in [0.4, 0.5) is 10.1 Å². The molecule has 0 atom stereocenters. The van der Waals surface area contributed by atoms with Gasteiger partial charge in [-0.05, 0) is 48.4 Å². The fourth-order valence-electron chi connectivity index (χ4n) is 2.99. The Morgan fingerprint density at radius 2 is 1.64 bits per heavy atom. The van der Waals surface area contributed by atoms with Gasteiger partial charge in [-0.25, -0.2) is 4.39 Å². The van der Waals surface area contributed by atoms with Gasteiger partial charge in [-0.3, -0.25) is 9.69 Å². The predicted molar refractivity (Wildman–Crippen MR) is 100 cm³/mol. The number of benzene rings is 2. The Morgan fingerprint density at radius 3 is 2.32 bits per heavy atom. The quantitative estimate of drug-likeness (QED) is 0.852. The van der Waals surface area contributed by atoms with Crippen LogP contribution in [0.1, 0.15) is 22.3 Å². The van der Waals surface area contributed by atoms with Crippen molar-refractivity contribution >= 4 is 24.0 Å². The standard InChI is InChI=1S/C19H22FN3O.ClH/c20-17-6-2-15(3-7-17)14-22-10-1-11-23(13-12-22)19(24)16-4-8-18(21)9-5-16;/h2-9H,1,10-14,21H2;1H. The third kappa shape index (κ3) is 5.18. The third-order valence-corrected chi connectivity index (χ3v) is 4.35. The zero-order valence-corrected chi connectivity index (χ0v) is 14.8. The van der Waals surface area contributed by atoms with Crippen LogP contribution in [0.5, 0.6) is 0 Å². The topological polar surface area (TPSA) is 49.6 Å². The molecule has 3 rings (SSSR count). The monoisotopic (exact) mass is 363 g/mol. The summed E-state index contributed by atoms with van der Waals surface area (Å²) >= 11 is 0. The normalized spacial score (nSPS) is 15.3. The van der Waals surface area contributed by atoms with Gasteiger partial charge in [0.2, 0.25) is 0 Å². The molecular weight excluding hydrogens is 341 g/mol. The smallest absolute Gasteiger partial charge is 0.253 e. The number of amides is 1. The summed E-state index contributed by atoms with van der Waals surface area (Å²) in [5, 5.41) is 0. The van der Waals surface area contributed by atoms with Gasteiger partial charge in [0, 0.05) is 44.0 Å². The van der Waals surface area contributed by atoms with Gasteiger partial charge in [-0.2, -0.15) is 0 Å². The first-order valence-electron chi connectivity index (χ1n) is 8.23. The van der Waals surface area contributed by atoms with E-state index in [0.717, 1.165) is 38.2 Å². The fraction of sp³-hybridized carbons (Fsp3) is 0.316. The molecule has 4 nitrogen and oxygen atoms in total. The molecule has 2 N–H and O–H groups in total. The largest absolute Gasteiger partial charge is 0.399 e. The predicted octanol–water partition coefficient (Wildman–Crippen LogP) is 3.18. The molecule has 0 saturated carbocycles. The maximum atomic E-state index is 13.0. The molecule has 2 aromatic rings. The number of hydrogen-bond acceptors (Lipinski definition) is 3. The SMILES string of the molecule is Cl.Nc1ccc(C(=O)N2CCCN(Cc3ccc(F)cc3)CC2)cc1. The number of anilines is 1. The van der Waals surface area contributed by atoms with E-state index in [1.54, 1.807) is 24.3 Å². The van der Waals surface area contributed by atoms with Crippen LogP contribution in [0, 0.1) is 5.82 Å². The summed E-state index contributed by atoms with van der Waals surface area (Å²) in [6, 6.07) is 13.7. The minimum Gasteiger partial charge on any atom is -0.399 e. The average molecular weight is 364 g/mol. The van der Waals surface area contributed by atoms with Gasteiger partial charge in [-0.15, -0.1) is 12.4 Å². The number of hydrogen-bond donors (Lipinski definition) is 1. The molecule has 1 heterocycles. The van der Waals surface area contributed by atoms with Crippen LogP contribution in [-0.4, -0.2) is 41.9 Å². The number of carbonyl (C=O) groups is 1. The Kier molecular flexibility index (Phi) is 6.79. The number of rotatable bonds is 3. The van der Waals surface area contributed by atoms with Gasteiger partial charge >= 0.3 is 0 Å². The van der Waals surface area contributed by atoms with Crippen molar-refractivity contribution < 1.29 is 9.18 Å². The van der Waals surface area contributed by atoms with E-state index in [2.05, 4.69) is 4.90 Å². The van der Waals surface area contributed by atoms with E-state index >= 15 is 0 Å². The van der Waals surface area contributed by atoms with E-state index in [1.165, 1.54) is 12.1 Å². The molecule has 0 aliphatic carbocycles. The highest BCUT2D eigenvalue weighted by atomic mass is 35.5. The van der Waals surface area contributed by atoms with Gasteiger partial charge in [0.05, 0.1) is 0 Å². The van der Waals surface area contributed by atoms with E-state index in [1.807, 2.05) is 17.0 Å². The molecule has 1 fully saturated rings. The lowest BCUT2D eigenvalue weighted by atomic mass is 10.2. The molecule has 0 unspecified atom stereocenters. The Morgan fingerprint density at radius 1 is 0.960 bits per heavy atom. The highest BCUT2D eigenvalue weighted by Gasteiger charge is 2.20. The van der Waals surface area contributed by atoms with Gasteiger partial charge in [0.1, 0.15) is 5.82 Å². The second kappa shape index (κ2) is 8.83. The Hall–Kier alpha value is -2.11. The van der Waals surface area contributed by atoms with Crippen molar-refractivity contribution in [3.05, 3.63) is 65.5 Å². The summed E-state index contributed by atoms with van der Waals surface area (Å²) in [5.41, 5.74) is 8.11.